The molecule has 2 rings (SSSR count). The predicted octanol–water partition coefficient (Wildman–Crippen LogP) is 1.31. The molecule has 23 heavy (non-hydrogen) atoms. The molecule has 1 aliphatic rings. The molecule has 2 N–H and O–H groups in total. The average Bonchev–Trinajstić information content (AvgIpc) is 2.74. The minimum absolute atomic E-state index is 0.0861. The molecule has 0 aromatic heterocycles. The van der Waals surface area contributed by atoms with Crippen LogP contribution >= 0.6 is 0 Å². The van der Waals surface area contributed by atoms with Crippen LogP contribution in [0.4, 0.5) is 5.69 Å². The predicted molar refractivity (Wildman–Crippen MR) is 82.7 cm³/mol. The first-order valence-corrected chi connectivity index (χ1v) is 6.90. The molecule has 1 heterocycles. The lowest BCUT2D eigenvalue weighted by atomic mass is 9.94. The summed E-state index contributed by atoms with van der Waals surface area (Å²) in [5.74, 6) is -1.61. The minimum Gasteiger partial charge on any atom is -0.466 e. The average molecular weight is 318 g/mol. The van der Waals surface area contributed by atoms with Gasteiger partial charge in [0, 0.05) is 11.3 Å². The van der Waals surface area contributed by atoms with Crippen molar-refractivity contribution in [3.8, 4) is 0 Å². The van der Waals surface area contributed by atoms with Crippen molar-refractivity contribution in [2.45, 2.75) is 19.4 Å². The van der Waals surface area contributed by atoms with Crippen molar-refractivity contribution in [2.24, 2.45) is 0 Å². The van der Waals surface area contributed by atoms with Gasteiger partial charge in [0.25, 0.3) is 5.91 Å². The summed E-state index contributed by atoms with van der Waals surface area (Å²) in [7, 11) is 2.41. The number of carbonyl (C=O) groups is 3. The molecular formula is C16H18N2O5. The summed E-state index contributed by atoms with van der Waals surface area (Å²) in [6, 6.07) is 5.13. The van der Waals surface area contributed by atoms with Crippen LogP contribution in [0.25, 0.3) is 0 Å². The van der Waals surface area contributed by atoms with E-state index < -0.39 is 17.5 Å². The number of rotatable bonds is 4. The number of hydrogen-bond donors (Lipinski definition) is 2. The Labute approximate surface area is 133 Å². The van der Waals surface area contributed by atoms with E-state index in [0.717, 1.165) is 11.6 Å². The molecule has 1 amide bonds. The Kier molecular flexibility index (Phi) is 4.40. The van der Waals surface area contributed by atoms with Gasteiger partial charge in [0.15, 0.2) is 0 Å². The highest BCUT2D eigenvalue weighted by Crippen LogP contribution is 2.32. The zero-order valence-corrected chi connectivity index (χ0v) is 13.4. The molecule has 0 atom stereocenters. The number of carbonyl (C=O) groups excluding carboxylic acids is 3. The number of amides is 1. The minimum atomic E-state index is -0.722. The molecule has 7 nitrogen and oxygen atoms in total. The first-order chi connectivity index (χ1) is 10.8. The molecule has 1 aliphatic heterocycles. The highest BCUT2D eigenvalue weighted by molar-refractivity contribution is 6.02. The molecule has 0 radical (unpaired) electrons. The fraction of sp³-hybridized carbons (Fsp3) is 0.312. The Morgan fingerprint density at radius 3 is 2.52 bits per heavy atom. The summed E-state index contributed by atoms with van der Waals surface area (Å²) < 4.78 is 9.12. The normalized spacial score (nSPS) is 15.5. The zero-order valence-electron chi connectivity index (χ0n) is 13.4. The van der Waals surface area contributed by atoms with Gasteiger partial charge in [-0.1, -0.05) is 6.07 Å². The van der Waals surface area contributed by atoms with Gasteiger partial charge in [0.05, 0.1) is 25.8 Å². The third-order valence-electron chi connectivity index (χ3n) is 3.51. The summed E-state index contributed by atoms with van der Waals surface area (Å²) in [6.07, 6.45) is 0.989. The number of esters is 2. The van der Waals surface area contributed by atoms with Crippen LogP contribution < -0.4 is 10.6 Å². The third kappa shape index (κ3) is 3.33. The number of nitrogens with one attached hydrogen (secondary N) is 2. The summed E-state index contributed by atoms with van der Waals surface area (Å²) in [4.78, 5) is 35.1. The Bertz CT molecular complexity index is 706. The molecule has 1 aromatic carbocycles. The highest BCUT2D eigenvalue weighted by atomic mass is 16.5. The van der Waals surface area contributed by atoms with E-state index in [0.29, 0.717) is 11.3 Å². The standard InChI is InChI=1S/C16H18N2O5/c1-16(2)11-6-5-9(7-10(11)14(20)18-16)17-12(15(21)23-4)8-13(19)22-3/h5-8,17H,1-4H3,(H,18,20)/b12-8+. The number of anilines is 1. The SMILES string of the molecule is COC(=O)/C=C(/Nc1ccc2c(c1)C(=O)NC2(C)C)C(=O)OC. The van der Waals surface area contributed by atoms with Crippen LogP contribution in [0.3, 0.4) is 0 Å². The second kappa shape index (κ2) is 6.12. The van der Waals surface area contributed by atoms with Crippen molar-refractivity contribution >= 4 is 23.5 Å². The van der Waals surface area contributed by atoms with E-state index >= 15 is 0 Å². The lowest BCUT2D eigenvalue weighted by Gasteiger charge is -2.19. The van der Waals surface area contributed by atoms with Gasteiger partial charge in [-0.05, 0) is 31.5 Å². The van der Waals surface area contributed by atoms with E-state index in [2.05, 4.69) is 20.1 Å². The summed E-state index contributed by atoms with van der Waals surface area (Å²) in [6.45, 7) is 3.81. The number of methoxy groups -OCH3 is 2. The van der Waals surface area contributed by atoms with Gasteiger partial charge >= 0.3 is 11.9 Å². The number of benzene rings is 1. The van der Waals surface area contributed by atoms with Crippen molar-refractivity contribution in [1.29, 1.82) is 0 Å². The van der Waals surface area contributed by atoms with E-state index in [1.54, 1.807) is 18.2 Å². The highest BCUT2D eigenvalue weighted by Gasteiger charge is 2.34. The first kappa shape index (κ1) is 16.5. The van der Waals surface area contributed by atoms with Crippen LogP contribution in [0.5, 0.6) is 0 Å². The lowest BCUT2D eigenvalue weighted by Crippen LogP contribution is -2.32. The van der Waals surface area contributed by atoms with Crippen LogP contribution in [-0.2, 0) is 24.6 Å². The van der Waals surface area contributed by atoms with Crippen molar-refractivity contribution < 1.29 is 23.9 Å². The van der Waals surface area contributed by atoms with E-state index in [1.165, 1.54) is 14.2 Å². The van der Waals surface area contributed by atoms with Crippen molar-refractivity contribution in [3.63, 3.8) is 0 Å². The molecule has 0 spiro atoms. The maximum Gasteiger partial charge on any atom is 0.354 e. The monoisotopic (exact) mass is 318 g/mol. The second-order valence-corrected chi connectivity index (χ2v) is 5.54. The van der Waals surface area contributed by atoms with Crippen LogP contribution in [0, 0.1) is 0 Å². The van der Waals surface area contributed by atoms with Crippen molar-refractivity contribution in [3.05, 3.63) is 41.1 Å². The van der Waals surface area contributed by atoms with Crippen molar-refractivity contribution in [2.75, 3.05) is 19.5 Å². The molecule has 0 saturated heterocycles. The van der Waals surface area contributed by atoms with Crippen molar-refractivity contribution in [1.82, 2.24) is 5.32 Å². The second-order valence-electron chi connectivity index (χ2n) is 5.54. The fourth-order valence-corrected chi connectivity index (χ4v) is 2.36. The molecule has 7 heteroatoms. The topological polar surface area (TPSA) is 93.7 Å². The summed E-state index contributed by atoms with van der Waals surface area (Å²) >= 11 is 0. The van der Waals surface area contributed by atoms with E-state index in [1.807, 2.05) is 13.8 Å². The van der Waals surface area contributed by atoms with Gasteiger partial charge < -0.3 is 20.1 Å². The number of ether oxygens (including phenoxy) is 2. The Balaban J connectivity index is 2.34. The Morgan fingerprint density at radius 1 is 1.22 bits per heavy atom. The maximum absolute atomic E-state index is 12.0. The van der Waals surface area contributed by atoms with Crippen LogP contribution in [0.1, 0.15) is 29.8 Å². The lowest BCUT2D eigenvalue weighted by molar-refractivity contribution is -0.138. The molecular weight excluding hydrogens is 300 g/mol. The van der Waals surface area contributed by atoms with Crippen LogP contribution in [-0.4, -0.2) is 32.1 Å². The van der Waals surface area contributed by atoms with Crippen LogP contribution in [0.15, 0.2) is 30.0 Å². The molecule has 1 aromatic rings. The quantitative estimate of drug-likeness (QED) is 0.642. The Morgan fingerprint density at radius 2 is 1.91 bits per heavy atom. The maximum atomic E-state index is 12.0. The summed E-state index contributed by atoms with van der Waals surface area (Å²) in [5, 5.41) is 5.65. The van der Waals surface area contributed by atoms with Gasteiger partial charge in [-0.15, -0.1) is 0 Å². The van der Waals surface area contributed by atoms with Gasteiger partial charge in [-0.3, -0.25) is 4.79 Å². The van der Waals surface area contributed by atoms with Gasteiger partial charge in [0.1, 0.15) is 5.70 Å². The molecule has 122 valence electrons. The first-order valence-electron chi connectivity index (χ1n) is 6.90. The fourth-order valence-electron chi connectivity index (χ4n) is 2.36. The Hall–Kier alpha value is -2.83. The van der Waals surface area contributed by atoms with Gasteiger partial charge in [-0.2, -0.15) is 0 Å². The third-order valence-corrected chi connectivity index (χ3v) is 3.51. The summed E-state index contributed by atoms with van der Waals surface area (Å²) in [5.41, 5.74) is 1.33. The van der Waals surface area contributed by atoms with Gasteiger partial charge in [-0.25, -0.2) is 9.59 Å². The van der Waals surface area contributed by atoms with Gasteiger partial charge in [0.2, 0.25) is 0 Å². The molecule has 0 bridgehead atoms. The van der Waals surface area contributed by atoms with E-state index in [4.69, 9.17) is 0 Å². The molecule has 0 unspecified atom stereocenters. The van der Waals surface area contributed by atoms with E-state index in [9.17, 15) is 14.4 Å². The zero-order chi connectivity index (χ0) is 17.2. The largest absolute Gasteiger partial charge is 0.466 e. The molecule has 0 aliphatic carbocycles. The number of hydrogen-bond acceptors (Lipinski definition) is 6. The smallest absolute Gasteiger partial charge is 0.354 e. The number of fused-ring (bicyclic) bond motifs is 1. The van der Waals surface area contributed by atoms with Crippen LogP contribution in [0.2, 0.25) is 0 Å². The molecule has 0 fully saturated rings. The molecule has 0 saturated carbocycles. The van der Waals surface area contributed by atoms with E-state index in [-0.39, 0.29) is 11.6 Å².